The monoisotopic (exact) mass is 517 g/mol. The lowest BCUT2D eigenvalue weighted by Gasteiger charge is -2.13. The average molecular weight is 517 g/mol. The quantitative estimate of drug-likeness (QED) is 0.146. The molecule has 0 aliphatic heterocycles. The van der Waals surface area contributed by atoms with Crippen LogP contribution in [0.5, 0.6) is 0 Å². The zero-order valence-electron chi connectivity index (χ0n) is 19.8. The van der Waals surface area contributed by atoms with E-state index in [2.05, 4.69) is 9.47 Å². The summed E-state index contributed by atoms with van der Waals surface area (Å²) < 4.78 is 19.6. The fourth-order valence-electron chi connectivity index (χ4n) is 2.35. The van der Waals surface area contributed by atoms with Crippen LogP contribution in [0.25, 0.3) is 0 Å². The van der Waals surface area contributed by atoms with Crippen molar-refractivity contribution in [3.8, 4) is 0 Å². The van der Waals surface area contributed by atoms with Gasteiger partial charge >= 0.3 is 40.9 Å². The molecule has 1 heterocycles. The second-order valence-corrected chi connectivity index (χ2v) is 7.15. The number of hydrogen-bond acceptors (Lipinski definition) is 13. The fourth-order valence-corrected chi connectivity index (χ4v) is 2.35. The van der Waals surface area contributed by atoms with Gasteiger partial charge in [-0.2, -0.15) is 0 Å². The molecule has 0 aliphatic rings. The highest BCUT2D eigenvalue weighted by molar-refractivity contribution is 5.91. The number of aliphatic hydroxyl groups excluding tert-OH is 2. The Morgan fingerprint density at radius 2 is 1.22 bits per heavy atom. The molecule has 0 aromatic carbocycles. The van der Waals surface area contributed by atoms with Crippen molar-refractivity contribution in [3.05, 3.63) is 43.6 Å². The Balaban J connectivity index is 2.80. The number of nitrogens with zero attached hydrogens (tertiary/aromatic N) is 3. The highest BCUT2D eigenvalue weighted by Gasteiger charge is 2.20. The minimum Gasteiger partial charge on any atom is -0.466 e. The summed E-state index contributed by atoms with van der Waals surface area (Å²) in [6, 6.07) is 0. The molecule has 1 rings (SSSR count). The normalized spacial score (nSPS) is 12.6. The van der Waals surface area contributed by atoms with Crippen LogP contribution < -0.4 is 17.1 Å². The minimum absolute atomic E-state index is 0.297. The first-order chi connectivity index (χ1) is 16.9. The highest BCUT2D eigenvalue weighted by Crippen LogP contribution is 1.94. The highest BCUT2D eigenvalue weighted by atomic mass is 16.6. The van der Waals surface area contributed by atoms with Gasteiger partial charge in [0.05, 0.1) is 13.2 Å². The summed E-state index contributed by atoms with van der Waals surface area (Å²) in [5.41, 5.74) is -3.60. The lowest BCUT2D eigenvalue weighted by atomic mass is 10.3. The number of methoxy groups -OCH3 is 1. The molecule has 2 unspecified atom stereocenters. The molecule has 2 atom stereocenters. The van der Waals surface area contributed by atoms with Crippen LogP contribution >= 0.6 is 0 Å². The third-order valence-corrected chi connectivity index (χ3v) is 4.39. The Hall–Kier alpha value is -4.05. The van der Waals surface area contributed by atoms with E-state index in [0.717, 1.165) is 26.3 Å². The van der Waals surface area contributed by atoms with Gasteiger partial charge in [-0.25, -0.2) is 37.7 Å². The van der Waals surface area contributed by atoms with Crippen LogP contribution in [0.4, 0.5) is 0 Å². The smallest absolute Gasteiger partial charge is 0.337 e. The second-order valence-electron chi connectivity index (χ2n) is 7.15. The number of rotatable bonds is 13. The summed E-state index contributed by atoms with van der Waals surface area (Å²) in [5, 5.41) is 19.2. The van der Waals surface area contributed by atoms with Gasteiger partial charge in [0.25, 0.3) is 0 Å². The summed E-state index contributed by atoms with van der Waals surface area (Å²) in [7, 11) is 2.12. The first-order valence-corrected chi connectivity index (χ1v) is 10.4. The van der Waals surface area contributed by atoms with Gasteiger partial charge in [0.1, 0.15) is 39.0 Å². The van der Waals surface area contributed by atoms with Gasteiger partial charge in [-0.15, -0.1) is 0 Å². The summed E-state index contributed by atoms with van der Waals surface area (Å²) in [5.74, 6) is -3.98. The lowest BCUT2D eigenvalue weighted by Crippen LogP contribution is -2.55. The van der Waals surface area contributed by atoms with Crippen molar-refractivity contribution >= 4 is 23.9 Å². The van der Waals surface area contributed by atoms with Crippen molar-refractivity contribution in [1.29, 1.82) is 0 Å². The Morgan fingerprint density at radius 1 is 0.778 bits per heavy atom. The number of aromatic nitrogens is 3. The molecule has 2 N–H and O–H groups in total. The molecular weight excluding hydrogens is 490 g/mol. The zero-order valence-corrected chi connectivity index (χ0v) is 19.8. The first kappa shape index (κ1) is 30.0. The number of carbonyl (C=O) groups is 4. The molecule has 16 nitrogen and oxygen atoms in total. The standard InChI is InChI=1S/C20H27N3O13/c1-4-12(24)9-35-16(28)7-22-18(30)21(2)19(31)23(20(22)32)8-17(29)36-11-13(25)10-34-15(27)6-5-14(26)33-3/h5-6,12-13,24-25H,4,7-11H2,1-3H3/b6-5+. The van der Waals surface area contributed by atoms with Crippen LogP contribution in [0.3, 0.4) is 0 Å². The summed E-state index contributed by atoms with van der Waals surface area (Å²) >= 11 is 0. The first-order valence-electron chi connectivity index (χ1n) is 10.4. The maximum Gasteiger partial charge on any atom is 0.337 e. The average Bonchev–Trinajstić information content (AvgIpc) is 2.86. The third-order valence-electron chi connectivity index (χ3n) is 4.39. The molecule has 0 amide bonds. The molecule has 36 heavy (non-hydrogen) atoms. The van der Waals surface area contributed by atoms with Crippen LogP contribution in [0.2, 0.25) is 0 Å². The lowest BCUT2D eigenvalue weighted by molar-refractivity contribution is -0.151. The van der Waals surface area contributed by atoms with Crippen molar-refractivity contribution in [2.45, 2.75) is 38.6 Å². The van der Waals surface area contributed by atoms with Crippen molar-refractivity contribution in [1.82, 2.24) is 13.7 Å². The summed E-state index contributed by atoms with van der Waals surface area (Å²) in [6.07, 6.45) is -0.575. The van der Waals surface area contributed by atoms with E-state index in [-0.39, 0.29) is 6.61 Å². The Kier molecular flexibility index (Phi) is 12.0. The predicted octanol–water partition coefficient (Wildman–Crippen LogP) is -3.80. The molecular formula is C20H27N3O13. The summed E-state index contributed by atoms with van der Waals surface area (Å²) in [4.78, 5) is 83.4. The molecule has 0 radical (unpaired) electrons. The molecule has 1 aromatic heterocycles. The molecule has 0 saturated carbocycles. The van der Waals surface area contributed by atoms with Crippen molar-refractivity contribution in [2.24, 2.45) is 7.05 Å². The molecule has 0 aliphatic carbocycles. The molecule has 1 aromatic rings. The third kappa shape index (κ3) is 9.30. The van der Waals surface area contributed by atoms with Gasteiger partial charge in [0.2, 0.25) is 0 Å². The second kappa shape index (κ2) is 14.4. The van der Waals surface area contributed by atoms with E-state index < -0.39 is 79.5 Å². The van der Waals surface area contributed by atoms with Crippen molar-refractivity contribution in [3.63, 3.8) is 0 Å². The minimum atomic E-state index is -1.48. The molecule has 0 spiro atoms. The van der Waals surface area contributed by atoms with Crippen LogP contribution in [0, 0.1) is 0 Å². The van der Waals surface area contributed by atoms with E-state index in [9.17, 15) is 43.8 Å². The predicted molar refractivity (Wildman–Crippen MR) is 117 cm³/mol. The topological polar surface area (TPSA) is 212 Å². The van der Waals surface area contributed by atoms with E-state index in [1.165, 1.54) is 0 Å². The van der Waals surface area contributed by atoms with E-state index in [0.29, 0.717) is 20.1 Å². The fraction of sp³-hybridized carbons (Fsp3) is 0.550. The van der Waals surface area contributed by atoms with E-state index in [1.54, 1.807) is 6.92 Å². The van der Waals surface area contributed by atoms with Gasteiger partial charge in [-0.3, -0.25) is 9.59 Å². The molecule has 0 fully saturated rings. The van der Waals surface area contributed by atoms with E-state index >= 15 is 0 Å². The molecule has 0 bridgehead atoms. The number of carbonyl (C=O) groups excluding carboxylic acids is 4. The van der Waals surface area contributed by atoms with E-state index in [4.69, 9.17) is 9.47 Å². The number of ether oxygens (including phenoxy) is 4. The Morgan fingerprint density at radius 3 is 1.69 bits per heavy atom. The van der Waals surface area contributed by atoms with Gasteiger partial charge in [-0.1, -0.05) is 6.92 Å². The van der Waals surface area contributed by atoms with Crippen LogP contribution in [0.15, 0.2) is 26.5 Å². The largest absolute Gasteiger partial charge is 0.466 e. The zero-order chi connectivity index (χ0) is 27.4. The SMILES string of the molecule is CCC(O)COC(=O)Cn1c(=O)n(C)c(=O)n(CC(=O)OCC(O)COC(=O)/C=C/C(=O)OC)c1=O. The number of hydrogen-bond donors (Lipinski definition) is 2. The van der Waals surface area contributed by atoms with Crippen LogP contribution in [-0.4, -0.2) is 86.9 Å². The molecule has 16 heteroatoms. The van der Waals surface area contributed by atoms with Gasteiger partial charge in [0, 0.05) is 19.2 Å². The number of esters is 4. The molecule has 200 valence electrons. The summed E-state index contributed by atoms with van der Waals surface area (Å²) in [6.45, 7) is -1.87. The Bertz CT molecular complexity index is 1160. The van der Waals surface area contributed by atoms with Crippen molar-refractivity contribution in [2.75, 3.05) is 26.9 Å². The van der Waals surface area contributed by atoms with Crippen molar-refractivity contribution < 1.29 is 48.3 Å². The van der Waals surface area contributed by atoms with Crippen LogP contribution in [0.1, 0.15) is 13.3 Å². The van der Waals surface area contributed by atoms with Crippen LogP contribution in [-0.2, 0) is 58.3 Å². The van der Waals surface area contributed by atoms with E-state index in [1.807, 2.05) is 0 Å². The maximum absolute atomic E-state index is 12.6. The maximum atomic E-state index is 12.6. The molecule has 0 saturated heterocycles. The van der Waals surface area contributed by atoms with Gasteiger partial charge < -0.3 is 29.2 Å². The van der Waals surface area contributed by atoms with Gasteiger partial charge in [0.15, 0.2) is 0 Å². The number of aliphatic hydroxyl groups is 2. The Labute approximate surface area is 202 Å². The van der Waals surface area contributed by atoms with Gasteiger partial charge in [-0.05, 0) is 6.42 Å².